The van der Waals surface area contributed by atoms with E-state index in [0.29, 0.717) is 24.3 Å². The maximum absolute atomic E-state index is 12.4. The number of hydrazone groups is 1. The third-order valence-corrected chi connectivity index (χ3v) is 6.48. The molecule has 8 nitrogen and oxygen atoms in total. The maximum Gasteiger partial charge on any atom is 0.268 e. The topological polar surface area (TPSA) is 92.8 Å². The van der Waals surface area contributed by atoms with E-state index in [2.05, 4.69) is 26.9 Å². The van der Waals surface area contributed by atoms with Gasteiger partial charge in [0.15, 0.2) is 0 Å². The van der Waals surface area contributed by atoms with Crippen LogP contribution in [0.1, 0.15) is 28.1 Å². The Hall–Kier alpha value is -3.33. The summed E-state index contributed by atoms with van der Waals surface area (Å²) in [4.78, 5) is 32.4. The van der Waals surface area contributed by atoms with E-state index in [9.17, 15) is 9.59 Å². The second-order valence-corrected chi connectivity index (χ2v) is 8.33. The van der Waals surface area contributed by atoms with E-state index in [-0.39, 0.29) is 18.1 Å². The molecule has 3 N–H and O–H groups in total. The Morgan fingerprint density at radius 2 is 2.13 bits per heavy atom. The summed E-state index contributed by atoms with van der Waals surface area (Å²) in [5.41, 5.74) is 6.18. The average molecular weight is 423 g/mol. The molecule has 0 fully saturated rings. The van der Waals surface area contributed by atoms with E-state index < -0.39 is 0 Å². The van der Waals surface area contributed by atoms with Crippen molar-refractivity contribution in [1.82, 2.24) is 20.6 Å². The van der Waals surface area contributed by atoms with E-state index in [1.807, 2.05) is 40.7 Å². The molecule has 2 aliphatic heterocycles. The quantitative estimate of drug-likeness (QED) is 0.569. The molecule has 2 amide bonds. The van der Waals surface area contributed by atoms with Gasteiger partial charge in [-0.15, -0.1) is 11.3 Å². The number of amidine groups is 1. The van der Waals surface area contributed by atoms with Crippen molar-refractivity contribution in [3.8, 4) is 0 Å². The van der Waals surface area contributed by atoms with Crippen molar-refractivity contribution < 1.29 is 9.59 Å². The SMILES string of the molecule is CN1C(=O)c2sccc2N2C(CCC(=O)NCCc3c[nH]c4ccccc34)=NNC12. The number of aromatic nitrogens is 1. The van der Waals surface area contributed by atoms with Gasteiger partial charge in [0.05, 0.1) is 5.69 Å². The van der Waals surface area contributed by atoms with Crippen molar-refractivity contribution in [3.05, 3.63) is 52.3 Å². The molecule has 0 spiro atoms. The summed E-state index contributed by atoms with van der Waals surface area (Å²) in [6.07, 6.45) is 3.29. The molecule has 2 aromatic heterocycles. The number of carbonyl (C=O) groups excluding carboxylic acids is 2. The number of para-hydroxylation sites is 1. The second-order valence-electron chi connectivity index (χ2n) is 7.41. The first kappa shape index (κ1) is 18.7. The molecule has 1 atom stereocenters. The number of carbonyl (C=O) groups is 2. The molecule has 30 heavy (non-hydrogen) atoms. The van der Waals surface area contributed by atoms with Crippen LogP contribution in [0.3, 0.4) is 0 Å². The molecule has 0 bridgehead atoms. The highest BCUT2D eigenvalue weighted by Crippen LogP contribution is 2.36. The summed E-state index contributed by atoms with van der Waals surface area (Å²) in [5, 5.41) is 10.5. The van der Waals surface area contributed by atoms with E-state index in [1.54, 1.807) is 11.9 Å². The Morgan fingerprint density at radius 3 is 3.03 bits per heavy atom. The number of aromatic amines is 1. The van der Waals surface area contributed by atoms with Gasteiger partial charge in [0.2, 0.25) is 12.2 Å². The van der Waals surface area contributed by atoms with Crippen LogP contribution >= 0.6 is 11.3 Å². The van der Waals surface area contributed by atoms with Gasteiger partial charge < -0.3 is 15.2 Å². The van der Waals surface area contributed by atoms with Gasteiger partial charge in [-0.3, -0.25) is 19.9 Å². The molecule has 3 aromatic rings. The van der Waals surface area contributed by atoms with Gasteiger partial charge >= 0.3 is 0 Å². The van der Waals surface area contributed by atoms with E-state index >= 15 is 0 Å². The highest BCUT2D eigenvalue weighted by molar-refractivity contribution is 7.12. The summed E-state index contributed by atoms with van der Waals surface area (Å²) in [6, 6.07) is 10.1. The Labute approximate surface area is 177 Å². The zero-order chi connectivity index (χ0) is 20.7. The lowest BCUT2D eigenvalue weighted by atomic mass is 10.1. The van der Waals surface area contributed by atoms with Gasteiger partial charge in [0.25, 0.3) is 5.91 Å². The zero-order valence-electron chi connectivity index (χ0n) is 16.5. The molecule has 0 radical (unpaired) electrons. The lowest BCUT2D eigenvalue weighted by molar-refractivity contribution is -0.120. The number of rotatable bonds is 6. The van der Waals surface area contributed by atoms with Crippen LogP contribution in [-0.2, 0) is 11.2 Å². The molecular formula is C21H22N6O2S. The predicted octanol–water partition coefficient (Wildman–Crippen LogP) is 2.46. The number of thiophene rings is 1. The number of hydrogen-bond donors (Lipinski definition) is 3. The molecule has 154 valence electrons. The average Bonchev–Trinajstić information content (AvgIpc) is 3.48. The highest BCUT2D eigenvalue weighted by atomic mass is 32.1. The number of anilines is 1. The molecule has 1 unspecified atom stereocenters. The van der Waals surface area contributed by atoms with Gasteiger partial charge in [-0.05, 0) is 29.5 Å². The number of hydrogen-bond acceptors (Lipinski definition) is 6. The molecule has 9 heteroatoms. The fourth-order valence-corrected chi connectivity index (χ4v) is 4.87. The summed E-state index contributed by atoms with van der Waals surface area (Å²) in [5.74, 6) is 0.749. The van der Waals surface area contributed by atoms with Crippen molar-refractivity contribution in [1.29, 1.82) is 0 Å². The number of amides is 2. The van der Waals surface area contributed by atoms with Crippen LogP contribution in [0, 0.1) is 0 Å². The third kappa shape index (κ3) is 3.11. The summed E-state index contributed by atoms with van der Waals surface area (Å²) < 4.78 is 0. The molecule has 1 aromatic carbocycles. The van der Waals surface area contributed by atoms with Crippen LogP contribution in [0.2, 0.25) is 0 Å². The second kappa shape index (κ2) is 7.49. The Morgan fingerprint density at radius 1 is 1.27 bits per heavy atom. The zero-order valence-corrected chi connectivity index (χ0v) is 17.3. The van der Waals surface area contributed by atoms with E-state index in [4.69, 9.17) is 0 Å². The first-order valence-corrected chi connectivity index (χ1v) is 10.8. The normalized spacial score (nSPS) is 17.6. The van der Waals surface area contributed by atoms with Gasteiger partial charge in [-0.25, -0.2) is 0 Å². The van der Waals surface area contributed by atoms with Gasteiger partial charge in [0.1, 0.15) is 10.7 Å². The van der Waals surface area contributed by atoms with Crippen LogP contribution < -0.4 is 15.6 Å². The number of nitrogens with one attached hydrogen (secondary N) is 3. The molecule has 0 saturated carbocycles. The minimum absolute atomic E-state index is 0.00651. The van der Waals surface area contributed by atoms with Crippen LogP contribution in [0.5, 0.6) is 0 Å². The fraction of sp³-hybridized carbons (Fsp3) is 0.286. The lowest BCUT2D eigenvalue weighted by Gasteiger charge is -2.37. The van der Waals surface area contributed by atoms with Gasteiger partial charge in [-0.1, -0.05) is 18.2 Å². The molecule has 0 aliphatic carbocycles. The van der Waals surface area contributed by atoms with Crippen LogP contribution in [0.25, 0.3) is 10.9 Å². The van der Waals surface area contributed by atoms with Crippen molar-refractivity contribution in [3.63, 3.8) is 0 Å². The van der Waals surface area contributed by atoms with Crippen molar-refractivity contribution in [2.24, 2.45) is 5.10 Å². The molecule has 5 rings (SSSR count). The minimum atomic E-state index is -0.334. The number of benzene rings is 1. The predicted molar refractivity (Wildman–Crippen MR) is 117 cm³/mol. The third-order valence-electron chi connectivity index (χ3n) is 5.58. The monoisotopic (exact) mass is 422 g/mol. The van der Waals surface area contributed by atoms with Gasteiger partial charge in [-0.2, -0.15) is 5.10 Å². The van der Waals surface area contributed by atoms with Gasteiger partial charge in [0, 0.05) is 43.5 Å². The number of fused-ring (bicyclic) bond motifs is 4. The Kier molecular flexibility index (Phi) is 4.66. The Bertz CT molecular complexity index is 1150. The summed E-state index contributed by atoms with van der Waals surface area (Å²) >= 11 is 1.43. The Balaban J connectivity index is 1.16. The van der Waals surface area contributed by atoms with E-state index in [1.165, 1.54) is 22.3 Å². The summed E-state index contributed by atoms with van der Waals surface area (Å²) in [7, 11) is 1.76. The smallest absolute Gasteiger partial charge is 0.268 e. The summed E-state index contributed by atoms with van der Waals surface area (Å²) in [6.45, 7) is 0.587. The molecular weight excluding hydrogens is 400 g/mol. The maximum atomic E-state index is 12.4. The number of H-pyrrole nitrogens is 1. The minimum Gasteiger partial charge on any atom is -0.361 e. The first-order chi connectivity index (χ1) is 14.6. The molecule has 2 aliphatic rings. The van der Waals surface area contributed by atoms with Crippen LogP contribution in [0.15, 0.2) is 47.0 Å². The van der Waals surface area contributed by atoms with Crippen molar-refractivity contribution in [2.75, 3.05) is 18.5 Å². The largest absolute Gasteiger partial charge is 0.361 e. The van der Waals surface area contributed by atoms with E-state index in [0.717, 1.165) is 23.5 Å². The highest BCUT2D eigenvalue weighted by Gasteiger charge is 2.41. The van der Waals surface area contributed by atoms with Crippen molar-refractivity contribution in [2.45, 2.75) is 25.6 Å². The number of nitrogens with zero attached hydrogens (tertiary/aromatic N) is 3. The van der Waals surface area contributed by atoms with Crippen LogP contribution in [-0.4, -0.2) is 47.4 Å². The van der Waals surface area contributed by atoms with Crippen LogP contribution in [0.4, 0.5) is 5.69 Å². The van der Waals surface area contributed by atoms with Crippen molar-refractivity contribution >= 4 is 45.6 Å². The molecule has 4 heterocycles. The first-order valence-electron chi connectivity index (χ1n) is 9.91. The fourth-order valence-electron chi connectivity index (χ4n) is 4.00. The molecule has 0 saturated heterocycles. The standard InChI is InChI=1S/C21H22N6O2S/c1-26-20(29)19-16(9-11-30-19)27-17(24-25-21(26)27)6-7-18(28)22-10-8-13-12-23-15-5-3-2-4-14(13)15/h2-5,9,11-12,21,23,25H,6-8,10H2,1H3,(H,22,28). The lowest BCUT2D eigenvalue weighted by Crippen LogP contribution is -2.56.